The molecule has 0 spiro atoms. The van der Waals surface area contributed by atoms with Crippen molar-refractivity contribution in [2.75, 3.05) is 25.1 Å². The largest absolute Gasteiger partial charge is 0.381 e. The minimum absolute atomic E-state index is 0.0104. The van der Waals surface area contributed by atoms with Crippen molar-refractivity contribution in [3.8, 4) is 0 Å². The lowest BCUT2D eigenvalue weighted by Gasteiger charge is -2.27. The van der Waals surface area contributed by atoms with E-state index in [-0.39, 0.29) is 30.0 Å². The first kappa shape index (κ1) is 17.0. The van der Waals surface area contributed by atoms with E-state index in [0.717, 1.165) is 51.6 Å². The van der Waals surface area contributed by atoms with Gasteiger partial charge in [0.25, 0.3) is 5.56 Å². The minimum atomic E-state index is -0.173. The number of hydrogen-bond donors (Lipinski definition) is 2. The molecule has 1 aromatic rings. The molecule has 0 bridgehead atoms. The maximum absolute atomic E-state index is 12.4. The lowest BCUT2D eigenvalue weighted by molar-refractivity contribution is -0.127. The topological polar surface area (TPSA) is 87.3 Å². The van der Waals surface area contributed by atoms with Crippen LogP contribution in [0.4, 0.5) is 5.95 Å². The number of hydrogen-bond acceptors (Lipinski definition) is 5. The van der Waals surface area contributed by atoms with Gasteiger partial charge in [0.1, 0.15) is 0 Å². The average molecular weight is 334 g/mol. The molecule has 0 aromatic carbocycles. The van der Waals surface area contributed by atoms with Gasteiger partial charge in [-0.2, -0.15) is 0 Å². The highest BCUT2D eigenvalue weighted by Gasteiger charge is 2.27. The summed E-state index contributed by atoms with van der Waals surface area (Å²) in [5.74, 6) is 0.631. The molecule has 1 aliphatic heterocycles. The summed E-state index contributed by atoms with van der Waals surface area (Å²) in [6.07, 6.45) is 6.11. The van der Waals surface area contributed by atoms with Crippen molar-refractivity contribution in [1.29, 1.82) is 0 Å². The third kappa shape index (κ3) is 4.14. The van der Waals surface area contributed by atoms with Gasteiger partial charge in [0.15, 0.2) is 0 Å². The standard InChI is InChI=1S/C17H26N4O3/c1-24-14-6-4-5-12(9-14)16(23)18-11-13-10-15(22)20-17(19-13)21-7-2-3-8-21/h10,12,14H,2-9,11H2,1H3,(H,18,23)(H,19,20,22)/t12-,14+/m0/s1. The van der Waals surface area contributed by atoms with Gasteiger partial charge in [-0.05, 0) is 32.1 Å². The van der Waals surface area contributed by atoms with Crippen LogP contribution in [-0.2, 0) is 16.1 Å². The lowest BCUT2D eigenvalue weighted by atomic mass is 9.86. The number of anilines is 1. The zero-order chi connectivity index (χ0) is 16.9. The molecular weight excluding hydrogens is 308 g/mol. The first-order valence-electron chi connectivity index (χ1n) is 8.81. The van der Waals surface area contributed by atoms with Crippen LogP contribution in [0.1, 0.15) is 44.2 Å². The molecule has 1 amide bonds. The Balaban J connectivity index is 1.59. The highest BCUT2D eigenvalue weighted by Crippen LogP contribution is 2.26. The molecule has 2 aliphatic rings. The van der Waals surface area contributed by atoms with Crippen molar-refractivity contribution < 1.29 is 9.53 Å². The van der Waals surface area contributed by atoms with Crippen LogP contribution in [0.5, 0.6) is 0 Å². The van der Waals surface area contributed by atoms with Crippen LogP contribution < -0.4 is 15.8 Å². The Morgan fingerprint density at radius 1 is 1.38 bits per heavy atom. The van der Waals surface area contributed by atoms with Crippen molar-refractivity contribution >= 4 is 11.9 Å². The van der Waals surface area contributed by atoms with Crippen molar-refractivity contribution in [1.82, 2.24) is 15.3 Å². The Labute approximate surface area is 141 Å². The fraction of sp³-hybridized carbons (Fsp3) is 0.706. The minimum Gasteiger partial charge on any atom is -0.381 e. The van der Waals surface area contributed by atoms with Crippen LogP contribution in [0.2, 0.25) is 0 Å². The van der Waals surface area contributed by atoms with Gasteiger partial charge in [-0.25, -0.2) is 4.98 Å². The fourth-order valence-corrected chi connectivity index (χ4v) is 3.58. The smallest absolute Gasteiger partial charge is 0.252 e. The van der Waals surface area contributed by atoms with E-state index >= 15 is 0 Å². The molecule has 2 fully saturated rings. The number of carbonyl (C=O) groups excluding carboxylic acids is 1. The summed E-state index contributed by atoms with van der Waals surface area (Å²) < 4.78 is 5.38. The summed E-state index contributed by atoms with van der Waals surface area (Å²) in [6, 6.07) is 1.46. The van der Waals surface area contributed by atoms with Crippen molar-refractivity contribution in [2.45, 2.75) is 51.2 Å². The average Bonchev–Trinajstić information content (AvgIpc) is 3.14. The summed E-state index contributed by atoms with van der Waals surface area (Å²) in [5.41, 5.74) is 0.432. The van der Waals surface area contributed by atoms with Crippen molar-refractivity contribution in [3.63, 3.8) is 0 Å². The van der Waals surface area contributed by atoms with Gasteiger partial charge in [-0.1, -0.05) is 6.42 Å². The van der Waals surface area contributed by atoms with Crippen LogP contribution in [0, 0.1) is 5.92 Å². The third-order valence-corrected chi connectivity index (χ3v) is 4.96. The molecule has 3 rings (SSSR count). The van der Waals surface area contributed by atoms with E-state index in [9.17, 15) is 9.59 Å². The number of H-pyrrole nitrogens is 1. The van der Waals surface area contributed by atoms with E-state index in [2.05, 4.69) is 20.2 Å². The predicted molar refractivity (Wildman–Crippen MR) is 90.9 cm³/mol. The maximum Gasteiger partial charge on any atom is 0.252 e. The fourth-order valence-electron chi connectivity index (χ4n) is 3.58. The van der Waals surface area contributed by atoms with E-state index < -0.39 is 0 Å². The molecule has 24 heavy (non-hydrogen) atoms. The van der Waals surface area contributed by atoms with Crippen molar-refractivity contribution in [3.05, 3.63) is 22.1 Å². The zero-order valence-corrected chi connectivity index (χ0v) is 14.2. The zero-order valence-electron chi connectivity index (χ0n) is 14.2. The second-order valence-corrected chi connectivity index (χ2v) is 6.69. The Kier molecular flexibility index (Phi) is 5.50. The number of aromatic nitrogens is 2. The number of methoxy groups -OCH3 is 1. The van der Waals surface area contributed by atoms with E-state index in [4.69, 9.17) is 4.74 Å². The van der Waals surface area contributed by atoms with Crippen LogP contribution in [0.25, 0.3) is 0 Å². The monoisotopic (exact) mass is 334 g/mol. The van der Waals surface area contributed by atoms with Crippen LogP contribution >= 0.6 is 0 Å². The summed E-state index contributed by atoms with van der Waals surface area (Å²) in [5, 5.41) is 2.93. The summed E-state index contributed by atoms with van der Waals surface area (Å²) in [7, 11) is 1.70. The first-order valence-corrected chi connectivity index (χ1v) is 8.81. The molecule has 0 radical (unpaired) electrons. The number of aromatic amines is 1. The molecule has 2 atom stereocenters. The Bertz CT molecular complexity index is 625. The van der Waals surface area contributed by atoms with E-state index in [1.54, 1.807) is 7.11 Å². The maximum atomic E-state index is 12.4. The summed E-state index contributed by atoms with van der Waals surface area (Å²) >= 11 is 0. The Hall–Kier alpha value is -1.89. The highest BCUT2D eigenvalue weighted by molar-refractivity contribution is 5.78. The van der Waals surface area contributed by atoms with E-state index in [1.165, 1.54) is 6.07 Å². The number of carbonyl (C=O) groups is 1. The van der Waals surface area contributed by atoms with E-state index in [0.29, 0.717) is 11.6 Å². The Morgan fingerprint density at radius 2 is 2.17 bits per heavy atom. The normalized spacial score (nSPS) is 24.1. The van der Waals surface area contributed by atoms with Gasteiger partial charge in [-0.15, -0.1) is 0 Å². The van der Waals surface area contributed by atoms with Crippen molar-refractivity contribution in [2.24, 2.45) is 5.92 Å². The molecule has 1 saturated carbocycles. The van der Waals surface area contributed by atoms with Gasteiger partial charge in [0.2, 0.25) is 11.9 Å². The molecule has 1 saturated heterocycles. The summed E-state index contributed by atoms with van der Waals surface area (Å²) in [6.45, 7) is 2.12. The molecule has 7 heteroatoms. The Morgan fingerprint density at radius 3 is 2.92 bits per heavy atom. The number of ether oxygens (including phenoxy) is 1. The van der Waals surface area contributed by atoms with Gasteiger partial charge in [0, 0.05) is 32.2 Å². The van der Waals surface area contributed by atoms with Crippen LogP contribution in [0.3, 0.4) is 0 Å². The lowest BCUT2D eigenvalue weighted by Crippen LogP contribution is -2.35. The number of rotatable bonds is 5. The van der Waals surface area contributed by atoms with Gasteiger partial charge in [-0.3, -0.25) is 14.6 Å². The molecule has 0 unspecified atom stereocenters. The second-order valence-electron chi connectivity index (χ2n) is 6.69. The van der Waals surface area contributed by atoms with Gasteiger partial charge < -0.3 is 15.0 Å². The molecule has 1 aliphatic carbocycles. The molecule has 1 aromatic heterocycles. The summed E-state index contributed by atoms with van der Waals surface area (Å²) in [4.78, 5) is 33.6. The number of nitrogens with one attached hydrogen (secondary N) is 2. The molecule has 132 valence electrons. The number of amides is 1. The molecule has 2 N–H and O–H groups in total. The van der Waals surface area contributed by atoms with Crippen LogP contribution in [-0.4, -0.2) is 42.2 Å². The predicted octanol–water partition coefficient (Wildman–Crippen LogP) is 1.19. The SMILES string of the molecule is CO[C@@H]1CCC[C@H](C(=O)NCc2cc(=O)[nH]c(N3CCCC3)n2)C1. The molecular formula is C17H26N4O3. The van der Waals surface area contributed by atoms with E-state index in [1.807, 2.05) is 0 Å². The van der Waals surface area contributed by atoms with Gasteiger partial charge >= 0.3 is 0 Å². The quantitative estimate of drug-likeness (QED) is 0.845. The first-order chi connectivity index (χ1) is 11.7. The highest BCUT2D eigenvalue weighted by atomic mass is 16.5. The molecule has 2 heterocycles. The molecule has 7 nitrogen and oxygen atoms in total. The van der Waals surface area contributed by atoms with Gasteiger partial charge in [0.05, 0.1) is 18.3 Å². The number of nitrogens with zero attached hydrogens (tertiary/aromatic N) is 2. The second kappa shape index (κ2) is 7.79. The third-order valence-electron chi connectivity index (χ3n) is 4.96. The van der Waals surface area contributed by atoms with Crippen LogP contribution in [0.15, 0.2) is 10.9 Å².